The fourth-order valence-electron chi connectivity index (χ4n) is 2.13. The summed E-state index contributed by atoms with van der Waals surface area (Å²) in [5.41, 5.74) is -1.01. The predicted octanol–water partition coefficient (Wildman–Crippen LogP) is 1.23. The van der Waals surface area contributed by atoms with E-state index in [0.29, 0.717) is 6.54 Å². The van der Waals surface area contributed by atoms with E-state index in [4.69, 9.17) is 0 Å². The first-order valence-corrected chi connectivity index (χ1v) is 6.74. The molecule has 0 aromatic carbocycles. The lowest BCUT2D eigenvalue weighted by atomic mass is 10.2. The van der Waals surface area contributed by atoms with Crippen molar-refractivity contribution in [3.63, 3.8) is 0 Å². The van der Waals surface area contributed by atoms with E-state index in [1.807, 2.05) is 6.92 Å². The van der Waals surface area contributed by atoms with Gasteiger partial charge in [0.05, 0.1) is 6.54 Å². The number of amides is 1. The van der Waals surface area contributed by atoms with Crippen LogP contribution < -0.4 is 9.80 Å². The quantitative estimate of drug-likeness (QED) is 0.821. The minimum Gasteiger partial charge on any atom is -0.347 e. The molecular formula is C13H18F3N5O. The van der Waals surface area contributed by atoms with E-state index in [1.54, 1.807) is 30.9 Å². The molecule has 22 heavy (non-hydrogen) atoms. The molecule has 2 rings (SSSR count). The van der Waals surface area contributed by atoms with Crippen LogP contribution in [0.1, 0.15) is 12.6 Å². The molecule has 0 aliphatic carbocycles. The van der Waals surface area contributed by atoms with E-state index in [0.717, 1.165) is 6.07 Å². The van der Waals surface area contributed by atoms with Crippen molar-refractivity contribution in [2.24, 2.45) is 0 Å². The number of carbonyl (C=O) groups excluding carboxylic acids is 1. The SMILES string of the molecule is C[C@H]1CN(c2cc(C(F)(F)F)nc(N(C)C)n2)CC(=O)N1C. The maximum atomic E-state index is 13.0. The van der Waals surface area contributed by atoms with Gasteiger partial charge in [-0.1, -0.05) is 0 Å². The first-order valence-electron chi connectivity index (χ1n) is 6.74. The van der Waals surface area contributed by atoms with Gasteiger partial charge in [-0.05, 0) is 6.92 Å². The van der Waals surface area contributed by atoms with Crippen molar-refractivity contribution in [3.05, 3.63) is 11.8 Å². The van der Waals surface area contributed by atoms with Crippen molar-refractivity contribution >= 4 is 17.7 Å². The zero-order valence-corrected chi connectivity index (χ0v) is 12.8. The van der Waals surface area contributed by atoms with Crippen molar-refractivity contribution in [2.75, 3.05) is 44.0 Å². The summed E-state index contributed by atoms with van der Waals surface area (Å²) in [7, 11) is 4.81. The Morgan fingerprint density at radius 3 is 2.45 bits per heavy atom. The number of alkyl halides is 3. The third-order valence-electron chi connectivity index (χ3n) is 3.58. The van der Waals surface area contributed by atoms with E-state index >= 15 is 0 Å². The largest absolute Gasteiger partial charge is 0.433 e. The third kappa shape index (κ3) is 3.23. The molecule has 1 saturated heterocycles. The third-order valence-corrected chi connectivity index (χ3v) is 3.58. The van der Waals surface area contributed by atoms with Gasteiger partial charge in [0.25, 0.3) is 0 Å². The highest BCUT2D eigenvalue weighted by Gasteiger charge is 2.35. The summed E-state index contributed by atoms with van der Waals surface area (Å²) in [5.74, 6) is -0.0829. The van der Waals surface area contributed by atoms with Gasteiger partial charge < -0.3 is 14.7 Å². The van der Waals surface area contributed by atoms with Crippen LogP contribution in [0.5, 0.6) is 0 Å². The topological polar surface area (TPSA) is 52.6 Å². The smallest absolute Gasteiger partial charge is 0.347 e. The highest BCUT2D eigenvalue weighted by atomic mass is 19.4. The van der Waals surface area contributed by atoms with Gasteiger partial charge in [0.1, 0.15) is 5.82 Å². The zero-order valence-electron chi connectivity index (χ0n) is 12.8. The lowest BCUT2D eigenvalue weighted by Crippen LogP contribution is -2.54. The van der Waals surface area contributed by atoms with Gasteiger partial charge >= 0.3 is 6.18 Å². The molecule has 6 nitrogen and oxygen atoms in total. The number of carbonyl (C=O) groups is 1. The number of piperazine rings is 1. The molecule has 0 spiro atoms. The summed E-state index contributed by atoms with van der Waals surface area (Å²) in [6, 6.07) is 0.784. The second-order valence-corrected chi connectivity index (χ2v) is 5.54. The molecule has 9 heteroatoms. The van der Waals surface area contributed by atoms with Crippen LogP contribution in [0, 0.1) is 0 Å². The molecule has 1 aromatic heterocycles. The Morgan fingerprint density at radius 1 is 1.32 bits per heavy atom. The average Bonchev–Trinajstić information content (AvgIpc) is 2.42. The number of hydrogen-bond acceptors (Lipinski definition) is 5. The maximum Gasteiger partial charge on any atom is 0.433 e. The fourth-order valence-corrected chi connectivity index (χ4v) is 2.13. The molecule has 0 radical (unpaired) electrons. The minimum absolute atomic E-state index is 0.00200. The number of hydrogen-bond donors (Lipinski definition) is 0. The van der Waals surface area contributed by atoms with E-state index < -0.39 is 11.9 Å². The molecule has 1 fully saturated rings. The molecule has 0 saturated carbocycles. The summed E-state index contributed by atoms with van der Waals surface area (Å²) in [6.07, 6.45) is -4.56. The van der Waals surface area contributed by atoms with Gasteiger partial charge in [0.2, 0.25) is 11.9 Å². The van der Waals surface area contributed by atoms with Gasteiger partial charge in [-0.2, -0.15) is 18.2 Å². The number of rotatable bonds is 2. The van der Waals surface area contributed by atoms with Gasteiger partial charge in [0.15, 0.2) is 5.69 Å². The first-order chi connectivity index (χ1) is 10.1. The average molecular weight is 317 g/mol. The molecule has 1 aliphatic heterocycles. The van der Waals surface area contributed by atoms with Crippen molar-refractivity contribution < 1.29 is 18.0 Å². The van der Waals surface area contributed by atoms with Crippen molar-refractivity contribution in [1.82, 2.24) is 14.9 Å². The molecule has 0 N–H and O–H groups in total. The van der Waals surface area contributed by atoms with Crippen LogP contribution in [-0.4, -0.2) is 61.0 Å². The van der Waals surface area contributed by atoms with Crippen molar-refractivity contribution in [3.8, 4) is 0 Å². The van der Waals surface area contributed by atoms with Gasteiger partial charge in [-0.15, -0.1) is 0 Å². The molecule has 122 valence electrons. The summed E-state index contributed by atoms with van der Waals surface area (Å²) < 4.78 is 39.0. The minimum atomic E-state index is -4.56. The lowest BCUT2D eigenvalue weighted by molar-refractivity contribution is -0.141. The van der Waals surface area contributed by atoms with Gasteiger partial charge in [-0.25, -0.2) is 4.98 Å². The number of aromatic nitrogens is 2. The Kier molecular flexibility index (Phi) is 4.17. The lowest BCUT2D eigenvalue weighted by Gasteiger charge is -2.38. The molecule has 2 heterocycles. The second kappa shape index (κ2) is 5.62. The second-order valence-electron chi connectivity index (χ2n) is 5.54. The zero-order chi connectivity index (χ0) is 16.7. The molecule has 1 amide bonds. The van der Waals surface area contributed by atoms with Crippen molar-refractivity contribution in [1.29, 1.82) is 0 Å². The van der Waals surface area contributed by atoms with Crippen LogP contribution in [0.15, 0.2) is 6.07 Å². The standard InChI is InChI=1S/C13H18F3N5O/c1-8-6-21(7-11(22)20(8)4)10-5-9(13(14,15)16)17-12(18-10)19(2)3/h5,8H,6-7H2,1-4H3/t8-/m0/s1. The predicted molar refractivity (Wildman–Crippen MR) is 75.8 cm³/mol. The van der Waals surface area contributed by atoms with Crippen LogP contribution in [0.25, 0.3) is 0 Å². The van der Waals surface area contributed by atoms with Crippen LogP contribution in [-0.2, 0) is 11.0 Å². The van der Waals surface area contributed by atoms with Crippen LogP contribution in [0.3, 0.4) is 0 Å². The van der Waals surface area contributed by atoms with E-state index in [2.05, 4.69) is 9.97 Å². The maximum absolute atomic E-state index is 13.0. The Bertz CT molecular complexity index is 575. The summed E-state index contributed by atoms with van der Waals surface area (Å²) in [4.78, 5) is 24.1. The molecule has 1 atom stereocenters. The van der Waals surface area contributed by atoms with Crippen molar-refractivity contribution in [2.45, 2.75) is 19.1 Å². The van der Waals surface area contributed by atoms with E-state index in [1.165, 1.54) is 4.90 Å². The summed E-state index contributed by atoms with van der Waals surface area (Å²) in [6.45, 7) is 2.26. The molecule has 0 unspecified atom stereocenters. The number of likely N-dealkylation sites (N-methyl/N-ethyl adjacent to an activating group) is 1. The highest BCUT2D eigenvalue weighted by molar-refractivity contribution is 5.82. The molecular weight excluding hydrogens is 299 g/mol. The monoisotopic (exact) mass is 317 g/mol. The molecule has 1 aromatic rings. The number of nitrogens with zero attached hydrogens (tertiary/aromatic N) is 5. The van der Waals surface area contributed by atoms with Crippen LogP contribution in [0.4, 0.5) is 24.9 Å². The Labute approximate surface area is 126 Å². The highest BCUT2D eigenvalue weighted by Crippen LogP contribution is 2.31. The van der Waals surface area contributed by atoms with E-state index in [-0.39, 0.29) is 30.3 Å². The normalized spacial score (nSPS) is 19.6. The van der Waals surface area contributed by atoms with Gasteiger partial charge in [-0.3, -0.25) is 4.79 Å². The number of halogens is 3. The molecule has 1 aliphatic rings. The Hall–Kier alpha value is -2.06. The summed E-state index contributed by atoms with van der Waals surface area (Å²) in [5, 5.41) is 0. The first kappa shape index (κ1) is 16.3. The fraction of sp³-hybridized carbons (Fsp3) is 0.615. The molecule has 0 bridgehead atoms. The van der Waals surface area contributed by atoms with E-state index in [9.17, 15) is 18.0 Å². The summed E-state index contributed by atoms with van der Waals surface area (Å²) >= 11 is 0. The van der Waals surface area contributed by atoms with Crippen LogP contribution in [0.2, 0.25) is 0 Å². The van der Waals surface area contributed by atoms with Gasteiger partial charge in [0, 0.05) is 39.8 Å². The Balaban J connectivity index is 2.42. The number of anilines is 2. The Morgan fingerprint density at radius 2 is 1.95 bits per heavy atom. The van der Waals surface area contributed by atoms with Crippen LogP contribution >= 0.6 is 0 Å².